The molecule has 0 bridgehead atoms. The molecule has 24 heavy (non-hydrogen) atoms. The molecule has 0 radical (unpaired) electrons. The summed E-state index contributed by atoms with van der Waals surface area (Å²) in [5.41, 5.74) is 0.564. The van der Waals surface area contributed by atoms with E-state index >= 15 is 0 Å². The van der Waals surface area contributed by atoms with Crippen LogP contribution in [0.25, 0.3) is 11.4 Å². The zero-order valence-corrected chi connectivity index (χ0v) is 15.2. The predicted octanol–water partition coefficient (Wildman–Crippen LogP) is 3.62. The summed E-state index contributed by atoms with van der Waals surface area (Å²) >= 11 is 1.39. The van der Waals surface area contributed by atoms with E-state index in [0.717, 1.165) is 29.5 Å². The summed E-state index contributed by atoms with van der Waals surface area (Å²) in [6.45, 7) is 7.92. The summed E-state index contributed by atoms with van der Waals surface area (Å²) < 4.78 is 9.83. The Hall–Kier alpha value is -1.95. The third-order valence-electron chi connectivity index (χ3n) is 4.81. The summed E-state index contributed by atoms with van der Waals surface area (Å²) in [6, 6.07) is 9.96. The maximum Gasteiger partial charge on any atom is 0.314 e. The Bertz CT molecular complexity index is 701. The van der Waals surface area contributed by atoms with E-state index in [9.17, 15) is 4.79 Å². The molecule has 1 aromatic heterocycles. The van der Waals surface area contributed by atoms with Crippen molar-refractivity contribution in [3.05, 3.63) is 30.3 Å². The van der Waals surface area contributed by atoms with Crippen LogP contribution in [0.3, 0.4) is 0 Å². The molecule has 0 amide bonds. The standard InChI is InChI=1S/C18H23N3O2S/c1-4-23-16(22)18(13(2)3)10-11-21(12-18)17-19-15(20-24-17)14-8-6-5-7-9-14/h5-9,13H,4,10-12H2,1-3H3. The van der Waals surface area contributed by atoms with E-state index in [4.69, 9.17) is 4.74 Å². The largest absolute Gasteiger partial charge is 0.466 e. The fourth-order valence-electron chi connectivity index (χ4n) is 3.19. The van der Waals surface area contributed by atoms with E-state index in [-0.39, 0.29) is 11.9 Å². The van der Waals surface area contributed by atoms with Gasteiger partial charge in [-0.25, -0.2) is 0 Å². The van der Waals surface area contributed by atoms with Crippen molar-refractivity contribution in [2.45, 2.75) is 27.2 Å². The van der Waals surface area contributed by atoms with Crippen LogP contribution in [-0.4, -0.2) is 35.0 Å². The normalized spacial score (nSPS) is 20.6. The fraction of sp³-hybridized carbons (Fsp3) is 0.500. The molecule has 2 heterocycles. The first-order valence-electron chi connectivity index (χ1n) is 8.38. The van der Waals surface area contributed by atoms with Gasteiger partial charge in [-0.1, -0.05) is 44.2 Å². The van der Waals surface area contributed by atoms with Crippen LogP contribution in [0.5, 0.6) is 0 Å². The SMILES string of the molecule is CCOC(=O)C1(C(C)C)CCN(c2nc(-c3ccccc3)ns2)C1. The predicted molar refractivity (Wildman–Crippen MR) is 96.1 cm³/mol. The van der Waals surface area contributed by atoms with Gasteiger partial charge in [0.2, 0.25) is 5.13 Å². The first-order valence-corrected chi connectivity index (χ1v) is 9.15. The topological polar surface area (TPSA) is 55.3 Å². The molecule has 1 saturated heterocycles. The highest BCUT2D eigenvalue weighted by Gasteiger charge is 2.49. The van der Waals surface area contributed by atoms with Gasteiger partial charge in [-0.2, -0.15) is 9.36 Å². The molecule has 1 aliphatic rings. The first-order chi connectivity index (χ1) is 11.6. The number of hydrogen-bond donors (Lipinski definition) is 0. The number of carbonyl (C=O) groups is 1. The van der Waals surface area contributed by atoms with E-state index in [0.29, 0.717) is 13.2 Å². The number of nitrogens with zero attached hydrogens (tertiary/aromatic N) is 3. The van der Waals surface area contributed by atoms with Gasteiger partial charge in [0.05, 0.1) is 12.0 Å². The molecule has 1 aliphatic heterocycles. The summed E-state index contributed by atoms with van der Waals surface area (Å²) in [5.74, 6) is 0.882. The van der Waals surface area contributed by atoms with Crippen LogP contribution in [0, 0.1) is 11.3 Å². The number of aromatic nitrogens is 2. The molecule has 1 fully saturated rings. The van der Waals surface area contributed by atoms with Gasteiger partial charge in [0, 0.05) is 30.2 Å². The fourth-order valence-corrected chi connectivity index (χ4v) is 3.91. The zero-order chi connectivity index (χ0) is 17.2. The van der Waals surface area contributed by atoms with E-state index in [1.165, 1.54) is 11.5 Å². The lowest BCUT2D eigenvalue weighted by atomic mass is 9.76. The Labute approximate surface area is 146 Å². The van der Waals surface area contributed by atoms with Gasteiger partial charge in [-0.15, -0.1) is 0 Å². The molecule has 1 aromatic carbocycles. The van der Waals surface area contributed by atoms with Gasteiger partial charge in [0.1, 0.15) is 0 Å². The molecule has 0 aliphatic carbocycles. The van der Waals surface area contributed by atoms with Gasteiger partial charge in [-0.3, -0.25) is 4.79 Å². The summed E-state index contributed by atoms with van der Waals surface area (Å²) in [6.07, 6.45) is 0.795. The number of hydrogen-bond acceptors (Lipinski definition) is 6. The van der Waals surface area contributed by atoms with Crippen LogP contribution >= 0.6 is 11.5 Å². The third-order valence-corrected chi connectivity index (χ3v) is 5.58. The van der Waals surface area contributed by atoms with Crippen LogP contribution in [0.1, 0.15) is 27.2 Å². The quantitative estimate of drug-likeness (QED) is 0.775. The lowest BCUT2D eigenvalue weighted by molar-refractivity contribution is -0.156. The average Bonchev–Trinajstić information content (AvgIpc) is 3.24. The second-order valence-corrected chi connectivity index (χ2v) is 7.20. The Balaban J connectivity index is 1.80. The molecule has 1 atom stereocenters. The van der Waals surface area contributed by atoms with Crippen molar-refractivity contribution < 1.29 is 9.53 Å². The third kappa shape index (κ3) is 3.02. The number of esters is 1. The highest BCUT2D eigenvalue weighted by Crippen LogP contribution is 2.41. The number of carbonyl (C=O) groups excluding carboxylic acids is 1. The lowest BCUT2D eigenvalue weighted by Crippen LogP contribution is -2.40. The molecule has 128 valence electrons. The van der Waals surface area contributed by atoms with Gasteiger partial charge in [0.25, 0.3) is 0 Å². The number of benzene rings is 1. The second kappa shape index (κ2) is 6.89. The summed E-state index contributed by atoms with van der Waals surface area (Å²) in [5, 5.41) is 0.876. The number of anilines is 1. The highest BCUT2D eigenvalue weighted by molar-refractivity contribution is 7.09. The first kappa shape index (κ1) is 16.9. The molecule has 1 unspecified atom stereocenters. The van der Waals surface area contributed by atoms with E-state index in [2.05, 4.69) is 28.1 Å². The van der Waals surface area contributed by atoms with Crippen LogP contribution in [0.15, 0.2) is 30.3 Å². The molecular weight excluding hydrogens is 322 g/mol. The van der Waals surface area contributed by atoms with E-state index in [1.54, 1.807) is 0 Å². The maximum absolute atomic E-state index is 12.5. The minimum atomic E-state index is -0.450. The van der Waals surface area contributed by atoms with Crippen LogP contribution in [-0.2, 0) is 9.53 Å². The smallest absolute Gasteiger partial charge is 0.314 e. The Morgan fingerprint density at radius 2 is 2.12 bits per heavy atom. The van der Waals surface area contributed by atoms with Crippen molar-refractivity contribution in [2.75, 3.05) is 24.6 Å². The molecule has 3 rings (SSSR count). The van der Waals surface area contributed by atoms with Gasteiger partial charge < -0.3 is 9.64 Å². The van der Waals surface area contributed by atoms with Crippen molar-refractivity contribution in [1.82, 2.24) is 9.36 Å². The average molecular weight is 345 g/mol. The minimum absolute atomic E-state index is 0.0877. The number of ether oxygens (including phenoxy) is 1. The molecule has 6 heteroatoms. The monoisotopic (exact) mass is 345 g/mol. The van der Waals surface area contributed by atoms with Crippen LogP contribution in [0.2, 0.25) is 0 Å². The molecular formula is C18H23N3O2S. The molecule has 0 N–H and O–H groups in total. The summed E-state index contributed by atoms with van der Waals surface area (Å²) in [4.78, 5) is 19.4. The highest BCUT2D eigenvalue weighted by atomic mass is 32.1. The van der Waals surface area contributed by atoms with Gasteiger partial charge >= 0.3 is 5.97 Å². The van der Waals surface area contributed by atoms with Crippen molar-refractivity contribution in [2.24, 2.45) is 11.3 Å². The van der Waals surface area contributed by atoms with Crippen molar-refractivity contribution in [3.8, 4) is 11.4 Å². The van der Waals surface area contributed by atoms with Crippen molar-refractivity contribution in [1.29, 1.82) is 0 Å². The summed E-state index contributed by atoms with van der Waals surface area (Å²) in [7, 11) is 0. The van der Waals surface area contributed by atoms with E-state index in [1.807, 2.05) is 37.3 Å². The van der Waals surface area contributed by atoms with Gasteiger partial charge in [0.15, 0.2) is 5.82 Å². The second-order valence-electron chi connectivity index (χ2n) is 6.47. The Kier molecular flexibility index (Phi) is 4.85. The molecule has 0 spiro atoms. The van der Waals surface area contributed by atoms with Gasteiger partial charge in [-0.05, 0) is 19.3 Å². The molecule has 2 aromatic rings. The zero-order valence-electron chi connectivity index (χ0n) is 14.4. The Morgan fingerprint density at radius 1 is 1.38 bits per heavy atom. The Morgan fingerprint density at radius 3 is 2.79 bits per heavy atom. The van der Waals surface area contributed by atoms with Crippen LogP contribution in [0.4, 0.5) is 5.13 Å². The van der Waals surface area contributed by atoms with Crippen molar-refractivity contribution in [3.63, 3.8) is 0 Å². The lowest BCUT2D eigenvalue weighted by Gasteiger charge is -2.30. The van der Waals surface area contributed by atoms with E-state index < -0.39 is 5.41 Å². The maximum atomic E-state index is 12.5. The molecule has 0 saturated carbocycles. The van der Waals surface area contributed by atoms with Crippen molar-refractivity contribution >= 4 is 22.6 Å². The number of rotatable bonds is 5. The van der Waals surface area contributed by atoms with Crippen LogP contribution < -0.4 is 4.90 Å². The molecule has 5 nitrogen and oxygen atoms in total. The minimum Gasteiger partial charge on any atom is -0.466 e.